The van der Waals surface area contributed by atoms with Crippen molar-refractivity contribution < 1.29 is 15.0 Å². The molecule has 0 fully saturated rings. The molecule has 1 unspecified atom stereocenters. The zero-order valence-corrected chi connectivity index (χ0v) is 9.69. The van der Waals surface area contributed by atoms with E-state index in [-0.39, 0.29) is 0 Å². The van der Waals surface area contributed by atoms with Gasteiger partial charge in [0.25, 0.3) is 0 Å². The maximum Gasteiger partial charge on any atom is 0.405 e. The van der Waals surface area contributed by atoms with Gasteiger partial charge in [0.05, 0.1) is 11.6 Å². The largest absolute Gasteiger partial charge is 0.465 e. The molecule has 1 atom stereocenters. The van der Waals surface area contributed by atoms with Crippen molar-refractivity contribution in [1.29, 1.82) is 0 Å². The molecular weight excluding hydrogens is 206 g/mol. The highest BCUT2D eigenvalue weighted by molar-refractivity contribution is 5.65. The standard InChI is InChI=1S/C12H17NO3/c1-8-6-4-5-7-9(8)10(12(2,3)16)13-11(14)15/h4-7,10,13,16H,1-3H3,(H,14,15). The van der Waals surface area contributed by atoms with E-state index in [2.05, 4.69) is 5.32 Å². The Labute approximate surface area is 94.9 Å². The van der Waals surface area contributed by atoms with Gasteiger partial charge in [-0.2, -0.15) is 0 Å². The SMILES string of the molecule is Cc1ccccc1C(NC(=O)O)C(C)(C)O. The number of nitrogens with one attached hydrogen (secondary N) is 1. The van der Waals surface area contributed by atoms with Crippen molar-refractivity contribution >= 4 is 6.09 Å². The first-order valence-electron chi connectivity index (χ1n) is 5.09. The average Bonchev–Trinajstić information content (AvgIpc) is 2.13. The van der Waals surface area contributed by atoms with Crippen LogP contribution in [0.3, 0.4) is 0 Å². The fourth-order valence-electron chi connectivity index (χ4n) is 1.67. The minimum absolute atomic E-state index is 0.633. The molecule has 0 saturated heterocycles. The second-order valence-corrected chi connectivity index (χ2v) is 4.39. The van der Waals surface area contributed by atoms with E-state index in [0.29, 0.717) is 0 Å². The summed E-state index contributed by atoms with van der Waals surface area (Å²) in [4.78, 5) is 10.7. The Morgan fingerprint density at radius 1 is 1.38 bits per heavy atom. The molecule has 4 heteroatoms. The van der Waals surface area contributed by atoms with Gasteiger partial charge in [0.2, 0.25) is 0 Å². The van der Waals surface area contributed by atoms with Crippen LogP contribution in [0.1, 0.15) is 31.0 Å². The lowest BCUT2D eigenvalue weighted by Crippen LogP contribution is -2.41. The summed E-state index contributed by atoms with van der Waals surface area (Å²) >= 11 is 0. The summed E-state index contributed by atoms with van der Waals surface area (Å²) in [6.07, 6.45) is -1.14. The van der Waals surface area contributed by atoms with E-state index in [4.69, 9.17) is 5.11 Å². The van der Waals surface area contributed by atoms with Gasteiger partial charge < -0.3 is 15.5 Å². The molecule has 88 valence electrons. The summed E-state index contributed by atoms with van der Waals surface area (Å²) in [7, 11) is 0. The van der Waals surface area contributed by atoms with Crippen molar-refractivity contribution in [3.05, 3.63) is 35.4 Å². The van der Waals surface area contributed by atoms with Crippen LogP contribution in [0.15, 0.2) is 24.3 Å². The smallest absolute Gasteiger partial charge is 0.405 e. The Morgan fingerprint density at radius 3 is 2.38 bits per heavy atom. The minimum Gasteiger partial charge on any atom is -0.465 e. The van der Waals surface area contributed by atoms with Crippen LogP contribution in [-0.4, -0.2) is 21.9 Å². The first kappa shape index (κ1) is 12.5. The monoisotopic (exact) mass is 223 g/mol. The highest BCUT2D eigenvalue weighted by atomic mass is 16.4. The van der Waals surface area contributed by atoms with Gasteiger partial charge in [-0.1, -0.05) is 24.3 Å². The number of benzene rings is 1. The fourth-order valence-corrected chi connectivity index (χ4v) is 1.67. The molecule has 0 spiro atoms. The number of hydrogen-bond donors (Lipinski definition) is 3. The summed E-state index contributed by atoms with van der Waals surface area (Å²) in [6, 6.07) is 6.77. The van der Waals surface area contributed by atoms with Crippen LogP contribution in [-0.2, 0) is 0 Å². The van der Waals surface area contributed by atoms with Gasteiger partial charge in [-0.15, -0.1) is 0 Å². The third-order valence-corrected chi connectivity index (χ3v) is 2.47. The summed E-state index contributed by atoms with van der Waals surface area (Å²) in [5, 5.41) is 21.1. The number of amides is 1. The molecule has 1 aromatic carbocycles. The van der Waals surface area contributed by atoms with Gasteiger partial charge in [0, 0.05) is 0 Å². The maximum absolute atomic E-state index is 10.7. The van der Waals surface area contributed by atoms with E-state index in [1.54, 1.807) is 13.8 Å². The van der Waals surface area contributed by atoms with E-state index >= 15 is 0 Å². The third kappa shape index (κ3) is 2.97. The van der Waals surface area contributed by atoms with Crippen LogP contribution in [0.25, 0.3) is 0 Å². The molecule has 1 amide bonds. The average molecular weight is 223 g/mol. The third-order valence-electron chi connectivity index (χ3n) is 2.47. The Kier molecular flexibility index (Phi) is 3.55. The second-order valence-electron chi connectivity index (χ2n) is 4.39. The topological polar surface area (TPSA) is 69.6 Å². The quantitative estimate of drug-likeness (QED) is 0.734. The number of aryl methyl sites for hydroxylation is 1. The fraction of sp³-hybridized carbons (Fsp3) is 0.417. The van der Waals surface area contributed by atoms with Gasteiger partial charge in [-0.3, -0.25) is 0 Å². The van der Waals surface area contributed by atoms with Crippen LogP contribution in [0.5, 0.6) is 0 Å². The molecule has 0 radical (unpaired) electrons. The molecule has 1 aromatic rings. The van der Waals surface area contributed by atoms with Crippen molar-refractivity contribution in [3.8, 4) is 0 Å². The number of rotatable bonds is 3. The number of carboxylic acid groups (broad SMARTS) is 1. The number of hydrogen-bond acceptors (Lipinski definition) is 2. The molecule has 0 aliphatic carbocycles. The normalized spacial score (nSPS) is 13.2. The molecule has 1 rings (SSSR count). The molecule has 0 saturated carbocycles. The zero-order chi connectivity index (χ0) is 12.3. The molecule has 0 bridgehead atoms. The van der Waals surface area contributed by atoms with Crippen molar-refractivity contribution in [2.24, 2.45) is 0 Å². The summed E-state index contributed by atoms with van der Waals surface area (Å²) < 4.78 is 0. The van der Waals surface area contributed by atoms with E-state index in [1.165, 1.54) is 0 Å². The molecule has 0 heterocycles. The lowest BCUT2D eigenvalue weighted by Gasteiger charge is -2.30. The molecule has 0 aromatic heterocycles. The van der Waals surface area contributed by atoms with Crippen LogP contribution in [0.4, 0.5) is 4.79 Å². The Morgan fingerprint density at radius 2 is 1.94 bits per heavy atom. The van der Waals surface area contributed by atoms with Crippen LogP contribution >= 0.6 is 0 Å². The first-order valence-corrected chi connectivity index (χ1v) is 5.09. The van der Waals surface area contributed by atoms with Crippen LogP contribution < -0.4 is 5.32 Å². The van der Waals surface area contributed by atoms with Crippen molar-refractivity contribution in [3.63, 3.8) is 0 Å². The Bertz CT molecular complexity index is 382. The second kappa shape index (κ2) is 4.53. The van der Waals surface area contributed by atoms with E-state index in [1.807, 2.05) is 31.2 Å². The van der Waals surface area contributed by atoms with Crippen molar-refractivity contribution in [2.45, 2.75) is 32.4 Å². The summed E-state index contributed by atoms with van der Waals surface area (Å²) in [5.74, 6) is 0. The summed E-state index contributed by atoms with van der Waals surface area (Å²) in [6.45, 7) is 5.05. The predicted molar refractivity (Wildman–Crippen MR) is 61.4 cm³/mol. The first-order chi connectivity index (χ1) is 7.32. The predicted octanol–water partition coefficient (Wildman–Crippen LogP) is 2.07. The lowest BCUT2D eigenvalue weighted by molar-refractivity contribution is 0.0370. The van der Waals surface area contributed by atoms with Gasteiger partial charge in [-0.25, -0.2) is 4.79 Å². The minimum atomic E-state index is -1.15. The highest BCUT2D eigenvalue weighted by Crippen LogP contribution is 2.27. The molecule has 0 aliphatic heterocycles. The van der Waals surface area contributed by atoms with Crippen molar-refractivity contribution in [2.75, 3.05) is 0 Å². The van der Waals surface area contributed by atoms with Crippen LogP contribution in [0.2, 0.25) is 0 Å². The maximum atomic E-state index is 10.7. The number of carbonyl (C=O) groups is 1. The molecular formula is C12H17NO3. The van der Waals surface area contributed by atoms with Gasteiger partial charge in [-0.05, 0) is 31.9 Å². The van der Waals surface area contributed by atoms with Gasteiger partial charge >= 0.3 is 6.09 Å². The van der Waals surface area contributed by atoms with Gasteiger partial charge in [0.1, 0.15) is 0 Å². The molecule has 4 nitrogen and oxygen atoms in total. The molecule has 3 N–H and O–H groups in total. The van der Waals surface area contributed by atoms with E-state index in [9.17, 15) is 9.90 Å². The molecule has 0 aliphatic rings. The van der Waals surface area contributed by atoms with Crippen LogP contribution in [0, 0.1) is 6.92 Å². The Hall–Kier alpha value is -1.55. The summed E-state index contributed by atoms with van der Waals surface area (Å²) in [5.41, 5.74) is 0.589. The zero-order valence-electron chi connectivity index (χ0n) is 9.69. The molecule has 16 heavy (non-hydrogen) atoms. The Balaban J connectivity index is 3.12. The van der Waals surface area contributed by atoms with Gasteiger partial charge in [0.15, 0.2) is 0 Å². The highest BCUT2D eigenvalue weighted by Gasteiger charge is 2.30. The van der Waals surface area contributed by atoms with E-state index in [0.717, 1.165) is 11.1 Å². The number of aliphatic hydroxyl groups is 1. The van der Waals surface area contributed by atoms with Crippen molar-refractivity contribution in [1.82, 2.24) is 5.32 Å². The van der Waals surface area contributed by atoms with E-state index < -0.39 is 17.7 Å². The lowest BCUT2D eigenvalue weighted by atomic mass is 9.89.